The van der Waals surface area contributed by atoms with E-state index in [9.17, 15) is 32.4 Å². The summed E-state index contributed by atoms with van der Waals surface area (Å²) in [4.78, 5) is 76.2. The Balaban J connectivity index is 1.30. The number of hydrogen-bond donors (Lipinski definition) is 3. The third-order valence-electron chi connectivity index (χ3n) is 9.92. The van der Waals surface area contributed by atoms with E-state index < -0.39 is 80.2 Å². The maximum atomic E-state index is 14.5. The Labute approximate surface area is 301 Å². The number of carbonyl (C=O) groups excluding carboxylic acids is 5. The van der Waals surface area contributed by atoms with Gasteiger partial charge in [0.2, 0.25) is 21.8 Å². The van der Waals surface area contributed by atoms with Crippen molar-refractivity contribution in [2.75, 3.05) is 13.6 Å². The molecule has 1 aromatic heterocycles. The molecule has 0 bridgehead atoms. The van der Waals surface area contributed by atoms with E-state index in [1.165, 1.54) is 28.2 Å². The predicted molar refractivity (Wildman–Crippen MR) is 190 cm³/mol. The number of para-hydroxylation sites is 1. The van der Waals surface area contributed by atoms with Crippen LogP contribution in [0.25, 0.3) is 10.2 Å². The Morgan fingerprint density at radius 3 is 2.47 bits per heavy atom. The molecule has 14 nitrogen and oxygen atoms in total. The number of ether oxygens (including phenoxy) is 1. The molecule has 5 amide bonds. The van der Waals surface area contributed by atoms with Crippen LogP contribution < -0.4 is 15.4 Å². The minimum Gasteiger partial charge on any atom is -0.444 e. The molecule has 4 aliphatic rings. The van der Waals surface area contributed by atoms with E-state index in [0.29, 0.717) is 37.6 Å². The van der Waals surface area contributed by atoms with Gasteiger partial charge in [-0.05, 0) is 77.8 Å². The number of amides is 5. The van der Waals surface area contributed by atoms with Crippen molar-refractivity contribution >= 4 is 61.3 Å². The van der Waals surface area contributed by atoms with Crippen molar-refractivity contribution in [2.45, 2.75) is 113 Å². The van der Waals surface area contributed by atoms with Crippen LogP contribution in [0.3, 0.4) is 0 Å². The molecule has 5 atom stereocenters. The molecule has 2 aliphatic carbocycles. The van der Waals surface area contributed by atoms with E-state index in [1.54, 1.807) is 20.8 Å². The SMILES string of the molecule is CN1C(=O)[C@@H]2C[C@@H](NC(=O)c3nc4ccccc4s3)CN2C(=O)[C@@H](NC(=O)OC(C)(C)C)CCCCCC=C[C@@H]2C[C@]21C(=O)NS(=O)(=O)C1CC1. The van der Waals surface area contributed by atoms with Gasteiger partial charge in [-0.1, -0.05) is 37.1 Å². The second kappa shape index (κ2) is 14.2. The number of sulfonamides is 1. The molecule has 6 rings (SSSR count). The van der Waals surface area contributed by atoms with Crippen LogP contribution in [-0.2, 0) is 29.1 Å². The molecule has 3 N–H and O–H groups in total. The Hall–Kier alpha value is -4.05. The number of rotatable bonds is 6. The van der Waals surface area contributed by atoms with Crippen LogP contribution in [-0.4, -0.2) is 101 Å². The van der Waals surface area contributed by atoms with Gasteiger partial charge in [-0.3, -0.25) is 23.9 Å². The molecule has 2 aromatic rings. The van der Waals surface area contributed by atoms with Crippen molar-refractivity contribution in [2.24, 2.45) is 5.92 Å². The number of benzene rings is 1. The summed E-state index contributed by atoms with van der Waals surface area (Å²) < 4.78 is 34.3. The molecule has 3 heterocycles. The van der Waals surface area contributed by atoms with Gasteiger partial charge in [0.05, 0.1) is 15.5 Å². The molecule has 51 heavy (non-hydrogen) atoms. The summed E-state index contributed by atoms with van der Waals surface area (Å²) in [6, 6.07) is 4.56. The molecule has 0 radical (unpaired) electrons. The molecule has 2 saturated carbocycles. The number of allylic oxidation sites excluding steroid dienone is 1. The van der Waals surface area contributed by atoms with Crippen molar-refractivity contribution in [1.29, 1.82) is 0 Å². The second-order valence-electron chi connectivity index (χ2n) is 15.0. The Bertz CT molecular complexity index is 1820. The van der Waals surface area contributed by atoms with Crippen molar-refractivity contribution < 1.29 is 37.1 Å². The molecule has 16 heteroatoms. The van der Waals surface area contributed by atoms with Crippen molar-refractivity contribution in [3.05, 3.63) is 41.4 Å². The van der Waals surface area contributed by atoms with E-state index >= 15 is 0 Å². The van der Waals surface area contributed by atoms with Gasteiger partial charge in [-0.25, -0.2) is 18.2 Å². The minimum atomic E-state index is -3.90. The van der Waals surface area contributed by atoms with Crippen LogP contribution in [0.1, 0.15) is 88.4 Å². The monoisotopic (exact) mass is 742 g/mol. The van der Waals surface area contributed by atoms with Gasteiger partial charge in [-0.15, -0.1) is 11.3 Å². The fourth-order valence-electron chi connectivity index (χ4n) is 6.99. The molecule has 0 unspecified atom stereocenters. The largest absolute Gasteiger partial charge is 0.444 e. The smallest absolute Gasteiger partial charge is 0.408 e. The van der Waals surface area contributed by atoms with Gasteiger partial charge in [0.1, 0.15) is 23.2 Å². The van der Waals surface area contributed by atoms with Gasteiger partial charge >= 0.3 is 6.09 Å². The second-order valence-corrected chi connectivity index (χ2v) is 18.0. The highest BCUT2D eigenvalue weighted by molar-refractivity contribution is 7.91. The highest BCUT2D eigenvalue weighted by atomic mass is 32.2. The minimum absolute atomic E-state index is 0.0310. The van der Waals surface area contributed by atoms with E-state index in [-0.39, 0.29) is 24.4 Å². The van der Waals surface area contributed by atoms with Crippen LogP contribution in [0.2, 0.25) is 0 Å². The summed E-state index contributed by atoms with van der Waals surface area (Å²) in [6.45, 7) is 5.12. The Kier molecular flexibility index (Phi) is 10.2. The van der Waals surface area contributed by atoms with Gasteiger partial charge < -0.3 is 25.2 Å². The number of alkyl carbamates (subject to hydrolysis) is 1. The molecule has 0 spiro atoms. The van der Waals surface area contributed by atoms with E-state index in [2.05, 4.69) is 20.3 Å². The summed E-state index contributed by atoms with van der Waals surface area (Å²) in [5, 5.41) is 5.27. The Morgan fingerprint density at radius 2 is 1.76 bits per heavy atom. The first kappa shape index (κ1) is 36.7. The van der Waals surface area contributed by atoms with E-state index in [0.717, 1.165) is 17.5 Å². The lowest BCUT2D eigenvalue weighted by Crippen LogP contribution is -2.58. The lowest BCUT2D eigenvalue weighted by atomic mass is 10.0. The molecule has 2 aliphatic heterocycles. The normalized spacial score (nSPS) is 27.5. The maximum absolute atomic E-state index is 14.5. The first-order chi connectivity index (χ1) is 24.1. The lowest BCUT2D eigenvalue weighted by Gasteiger charge is -2.34. The fraction of sp³-hybridized carbons (Fsp3) is 0.600. The number of fused-ring (bicyclic) bond motifs is 3. The first-order valence-corrected chi connectivity index (χ1v) is 19.9. The number of nitrogens with one attached hydrogen (secondary N) is 3. The number of likely N-dealkylation sites (N-methyl/N-ethyl adjacent to an activating group) is 1. The lowest BCUT2D eigenvalue weighted by molar-refractivity contribution is -0.148. The van der Waals surface area contributed by atoms with Gasteiger partial charge in [-0.2, -0.15) is 0 Å². The van der Waals surface area contributed by atoms with Crippen molar-refractivity contribution in [1.82, 2.24) is 30.1 Å². The quantitative estimate of drug-likeness (QED) is 0.374. The third-order valence-corrected chi connectivity index (χ3v) is 12.8. The van der Waals surface area contributed by atoms with Crippen molar-refractivity contribution in [3.63, 3.8) is 0 Å². The average Bonchev–Trinajstić information content (AvgIpc) is 3.96. The number of hydrogen-bond acceptors (Lipinski definition) is 10. The van der Waals surface area contributed by atoms with Crippen LogP contribution in [0, 0.1) is 5.92 Å². The van der Waals surface area contributed by atoms with E-state index in [1.807, 2.05) is 36.4 Å². The molecular weight excluding hydrogens is 697 g/mol. The predicted octanol–water partition coefficient (Wildman–Crippen LogP) is 3.23. The zero-order valence-electron chi connectivity index (χ0n) is 29.3. The standard InChI is InChI=1S/C35H46N6O8S2/c1-34(2,3)49-33(46)38-25-14-9-7-5-6-8-12-21-19-35(21,32(45)39-51(47,48)23-16-17-23)40(4)31(44)26-18-22(20-41(26)30(25)43)36-28(42)29-37-24-13-10-11-15-27(24)50-29/h8,10-13,15,21-23,25-26H,5-7,9,14,16-20H2,1-4H3,(H,36,42)(H,38,46)(H,39,45)/t21-,22-,25+,26+,35-/m1/s1. The van der Waals surface area contributed by atoms with Crippen LogP contribution in [0.15, 0.2) is 36.4 Å². The summed E-state index contributed by atoms with van der Waals surface area (Å²) in [5.41, 5.74) is -1.61. The number of aromatic nitrogens is 1. The van der Waals surface area contributed by atoms with E-state index in [4.69, 9.17) is 4.74 Å². The first-order valence-electron chi connectivity index (χ1n) is 17.6. The number of carbonyl (C=O) groups is 5. The van der Waals surface area contributed by atoms with Gasteiger partial charge in [0.25, 0.3) is 11.8 Å². The van der Waals surface area contributed by atoms with Crippen molar-refractivity contribution in [3.8, 4) is 0 Å². The maximum Gasteiger partial charge on any atom is 0.408 e. The molecule has 1 saturated heterocycles. The average molecular weight is 743 g/mol. The van der Waals surface area contributed by atoms with Crippen LogP contribution >= 0.6 is 11.3 Å². The Morgan fingerprint density at radius 1 is 1.02 bits per heavy atom. The number of nitrogens with zero attached hydrogens (tertiary/aromatic N) is 3. The summed E-state index contributed by atoms with van der Waals surface area (Å²) in [5.74, 6) is -2.73. The fourth-order valence-corrected chi connectivity index (χ4v) is 9.22. The zero-order chi connectivity index (χ0) is 36.7. The highest BCUT2D eigenvalue weighted by Gasteiger charge is 2.65. The van der Waals surface area contributed by atoms with Gasteiger partial charge in [0, 0.05) is 25.6 Å². The number of thiazole rings is 1. The highest BCUT2D eigenvalue weighted by Crippen LogP contribution is 2.50. The third kappa shape index (κ3) is 8.06. The molecule has 3 fully saturated rings. The van der Waals surface area contributed by atoms with Crippen LogP contribution in [0.5, 0.6) is 0 Å². The zero-order valence-corrected chi connectivity index (χ0v) is 31.0. The molecular formula is C35H46N6O8S2. The molecule has 276 valence electrons. The summed E-state index contributed by atoms with van der Waals surface area (Å²) in [7, 11) is -2.44. The van der Waals surface area contributed by atoms with Gasteiger partial charge in [0.15, 0.2) is 5.01 Å². The summed E-state index contributed by atoms with van der Waals surface area (Å²) >= 11 is 1.23. The topological polar surface area (TPSA) is 184 Å². The summed E-state index contributed by atoms with van der Waals surface area (Å²) in [6.07, 6.45) is 7.38. The van der Waals surface area contributed by atoms with Crippen LogP contribution in [0.4, 0.5) is 4.79 Å². The molecule has 1 aromatic carbocycles.